The van der Waals surface area contributed by atoms with E-state index in [1.165, 1.54) is 9.80 Å². The predicted octanol–water partition coefficient (Wildman–Crippen LogP) is 3.84. The molecule has 38 heavy (non-hydrogen) atoms. The molecule has 8 heteroatoms. The molecule has 0 radical (unpaired) electrons. The number of aliphatic imine (C=N–C) groups is 1. The highest BCUT2D eigenvalue weighted by Gasteiger charge is 2.64. The van der Waals surface area contributed by atoms with Crippen LogP contribution in [-0.2, 0) is 29.5 Å². The molecule has 0 bridgehead atoms. The largest absolute Gasteiger partial charge is 0.478 e. The number of imide groups is 2. The van der Waals surface area contributed by atoms with E-state index in [9.17, 15) is 19.2 Å². The summed E-state index contributed by atoms with van der Waals surface area (Å²) >= 11 is 0. The van der Waals surface area contributed by atoms with E-state index in [1.54, 1.807) is 60.7 Å². The molecule has 0 aliphatic carbocycles. The van der Waals surface area contributed by atoms with E-state index in [2.05, 4.69) is 0 Å². The van der Waals surface area contributed by atoms with E-state index < -0.39 is 29.2 Å². The highest BCUT2D eigenvalue weighted by molar-refractivity contribution is 6.24. The first-order valence-electron chi connectivity index (χ1n) is 12.6. The Balaban J connectivity index is 1.53. The van der Waals surface area contributed by atoms with Gasteiger partial charge in [0.25, 0.3) is 0 Å². The van der Waals surface area contributed by atoms with Gasteiger partial charge in [0.05, 0.1) is 29.8 Å². The summed E-state index contributed by atoms with van der Waals surface area (Å²) in [6.07, 6.45) is -0.289. The van der Waals surface area contributed by atoms with Crippen molar-refractivity contribution >= 4 is 40.9 Å². The lowest BCUT2D eigenvalue weighted by Crippen LogP contribution is -2.47. The number of fused-ring (bicyclic) bond motifs is 1. The molecule has 0 saturated carbocycles. The summed E-state index contributed by atoms with van der Waals surface area (Å²) in [5, 5.41) is 0. The van der Waals surface area contributed by atoms with Crippen molar-refractivity contribution in [3.63, 3.8) is 0 Å². The Kier molecular flexibility index (Phi) is 5.67. The van der Waals surface area contributed by atoms with Crippen LogP contribution in [0.1, 0.15) is 30.9 Å². The summed E-state index contributed by atoms with van der Waals surface area (Å²) in [5.41, 5.74) is 0.713. The van der Waals surface area contributed by atoms with Crippen LogP contribution in [-0.4, -0.2) is 36.1 Å². The number of nitrogens with zero attached hydrogens (tertiary/aromatic N) is 3. The molecule has 2 saturated heterocycles. The van der Waals surface area contributed by atoms with Gasteiger partial charge in [0.1, 0.15) is 5.54 Å². The van der Waals surface area contributed by atoms with Crippen molar-refractivity contribution < 1.29 is 23.9 Å². The number of hydrogen-bond donors (Lipinski definition) is 0. The van der Waals surface area contributed by atoms with Gasteiger partial charge in [-0.2, -0.15) is 0 Å². The molecule has 190 valence electrons. The predicted molar refractivity (Wildman–Crippen MR) is 140 cm³/mol. The Morgan fingerprint density at radius 1 is 0.737 bits per heavy atom. The second kappa shape index (κ2) is 9.06. The zero-order chi connectivity index (χ0) is 26.4. The molecule has 0 spiro atoms. The number of para-hydroxylation sites is 2. The molecule has 2 unspecified atom stereocenters. The van der Waals surface area contributed by atoms with Crippen molar-refractivity contribution in [3.8, 4) is 0 Å². The minimum absolute atomic E-state index is 0.145. The first-order chi connectivity index (χ1) is 18.5. The highest BCUT2D eigenvalue weighted by Crippen LogP contribution is 2.54. The first-order valence-corrected chi connectivity index (χ1v) is 12.6. The summed E-state index contributed by atoms with van der Waals surface area (Å²) in [5.74, 6) is -3.33. The maximum absolute atomic E-state index is 14.1. The van der Waals surface area contributed by atoms with E-state index >= 15 is 0 Å². The van der Waals surface area contributed by atoms with E-state index in [0.29, 0.717) is 35.0 Å². The fraction of sp³-hybridized carbons (Fsp3) is 0.233. The van der Waals surface area contributed by atoms with Crippen LogP contribution >= 0.6 is 0 Å². The third-order valence-corrected chi connectivity index (χ3v) is 7.54. The smallest absolute Gasteiger partial charge is 0.240 e. The van der Waals surface area contributed by atoms with Crippen molar-refractivity contribution in [1.82, 2.24) is 0 Å². The highest BCUT2D eigenvalue weighted by atomic mass is 16.5. The Morgan fingerprint density at radius 2 is 1.21 bits per heavy atom. The lowest BCUT2D eigenvalue weighted by molar-refractivity contribution is -0.127. The third-order valence-electron chi connectivity index (χ3n) is 7.54. The van der Waals surface area contributed by atoms with Gasteiger partial charge in [0.2, 0.25) is 29.5 Å². The normalized spacial score (nSPS) is 24.7. The van der Waals surface area contributed by atoms with Crippen molar-refractivity contribution in [3.05, 3.63) is 96.1 Å². The van der Waals surface area contributed by atoms with Crippen LogP contribution in [0.25, 0.3) is 0 Å². The number of rotatable bonds is 5. The Hall–Kier alpha value is -4.59. The molecular weight excluding hydrogens is 482 g/mol. The molecule has 6 rings (SSSR count). The molecule has 3 aliphatic rings. The lowest BCUT2D eigenvalue weighted by atomic mass is 9.68. The van der Waals surface area contributed by atoms with Crippen molar-refractivity contribution in [1.29, 1.82) is 0 Å². The summed E-state index contributed by atoms with van der Waals surface area (Å²) < 4.78 is 5.88. The lowest BCUT2D eigenvalue weighted by Gasteiger charge is -2.36. The van der Waals surface area contributed by atoms with Gasteiger partial charge in [-0.15, -0.1) is 0 Å². The molecule has 3 aromatic rings. The van der Waals surface area contributed by atoms with E-state index in [0.717, 1.165) is 0 Å². The fourth-order valence-corrected chi connectivity index (χ4v) is 5.98. The number of anilines is 2. The van der Waals surface area contributed by atoms with Crippen LogP contribution < -0.4 is 9.80 Å². The second-order valence-electron chi connectivity index (χ2n) is 9.54. The van der Waals surface area contributed by atoms with Crippen LogP contribution in [0.2, 0.25) is 0 Å². The Morgan fingerprint density at radius 3 is 1.71 bits per heavy atom. The molecule has 2 fully saturated rings. The van der Waals surface area contributed by atoms with Crippen LogP contribution in [0.15, 0.2) is 89.9 Å². The van der Waals surface area contributed by atoms with Gasteiger partial charge in [0, 0.05) is 18.4 Å². The number of carbonyl (C=O) groups excluding carboxylic acids is 4. The SMILES string of the molecule is CCOC1=NC(C2CC(=O)N(c3ccccc3)C2=O)(C2CC(=O)N(c3ccccc3)C2=O)c2ccccc21. The van der Waals surface area contributed by atoms with Gasteiger partial charge in [-0.25, -0.2) is 4.99 Å². The molecular formula is C30H25N3O5. The quantitative estimate of drug-likeness (QED) is 0.489. The fourth-order valence-electron chi connectivity index (χ4n) is 5.98. The molecule has 0 aromatic heterocycles. The number of carbonyl (C=O) groups is 4. The molecule has 3 aliphatic heterocycles. The average molecular weight is 508 g/mol. The maximum Gasteiger partial charge on any atom is 0.240 e. The number of ether oxygens (including phenoxy) is 1. The van der Waals surface area contributed by atoms with Gasteiger partial charge in [-0.1, -0.05) is 54.6 Å². The number of hydrogen-bond acceptors (Lipinski definition) is 6. The zero-order valence-electron chi connectivity index (χ0n) is 20.7. The van der Waals surface area contributed by atoms with Crippen LogP contribution in [0.4, 0.5) is 11.4 Å². The monoisotopic (exact) mass is 507 g/mol. The first kappa shape index (κ1) is 23.8. The number of benzene rings is 3. The minimum Gasteiger partial charge on any atom is -0.478 e. The molecule has 2 atom stereocenters. The van der Waals surface area contributed by atoms with Gasteiger partial charge in [-0.05, 0) is 42.8 Å². The standard InChI is InChI=1S/C30H25N3O5/c1-2-38-27-21-15-9-10-16-22(21)30(31-27,23-17-25(34)32(28(23)36)19-11-5-3-6-12-19)24-18-26(35)33(29(24)37)20-13-7-4-8-14-20/h3-16,23-24H,2,17-18H2,1H3. The van der Waals surface area contributed by atoms with Crippen molar-refractivity contribution in [2.75, 3.05) is 16.4 Å². The van der Waals surface area contributed by atoms with Crippen LogP contribution in [0.3, 0.4) is 0 Å². The summed E-state index contributed by atoms with van der Waals surface area (Å²) in [4.78, 5) is 62.1. The summed E-state index contributed by atoms with van der Waals surface area (Å²) in [6.45, 7) is 2.15. The zero-order valence-corrected chi connectivity index (χ0v) is 20.7. The Bertz CT molecular complexity index is 1410. The van der Waals surface area contributed by atoms with Crippen LogP contribution in [0.5, 0.6) is 0 Å². The topological polar surface area (TPSA) is 96.3 Å². The van der Waals surface area contributed by atoms with Gasteiger partial charge in [-0.3, -0.25) is 29.0 Å². The second-order valence-corrected chi connectivity index (χ2v) is 9.54. The minimum atomic E-state index is -1.48. The molecule has 3 heterocycles. The summed E-state index contributed by atoms with van der Waals surface area (Å²) in [6, 6.07) is 24.7. The van der Waals surface area contributed by atoms with E-state index in [1.807, 2.05) is 31.2 Å². The molecule has 8 nitrogen and oxygen atoms in total. The average Bonchev–Trinajstić information content (AvgIpc) is 3.54. The molecule has 3 aromatic carbocycles. The van der Waals surface area contributed by atoms with Crippen LogP contribution in [0, 0.1) is 11.8 Å². The maximum atomic E-state index is 14.1. The van der Waals surface area contributed by atoms with E-state index in [4.69, 9.17) is 9.73 Å². The van der Waals surface area contributed by atoms with Gasteiger partial charge >= 0.3 is 0 Å². The van der Waals surface area contributed by atoms with Crippen molar-refractivity contribution in [2.45, 2.75) is 25.3 Å². The summed E-state index contributed by atoms with van der Waals surface area (Å²) in [7, 11) is 0. The molecule has 4 amide bonds. The van der Waals surface area contributed by atoms with E-state index in [-0.39, 0.29) is 24.7 Å². The van der Waals surface area contributed by atoms with Gasteiger partial charge < -0.3 is 4.74 Å². The van der Waals surface area contributed by atoms with Crippen molar-refractivity contribution in [2.24, 2.45) is 16.8 Å². The third kappa shape index (κ3) is 3.40. The Labute approximate surface area is 219 Å². The van der Waals surface area contributed by atoms with Gasteiger partial charge in [0.15, 0.2) is 0 Å². The molecule has 0 N–H and O–H groups in total. The number of amides is 4.